The average molecular weight is 175 g/mol. The molecule has 0 heterocycles. The first-order valence-corrected chi connectivity index (χ1v) is 5.10. The average Bonchev–Trinajstić information content (AvgIpc) is 2.42. The molecule has 1 aliphatic carbocycles. The number of hydrogen-bond donors (Lipinski definition) is 1. The van der Waals surface area contributed by atoms with E-state index < -0.39 is 0 Å². The first kappa shape index (κ1) is 8.76. The van der Waals surface area contributed by atoms with Crippen LogP contribution in [0.1, 0.15) is 48.9 Å². The highest BCUT2D eigenvalue weighted by molar-refractivity contribution is 5.40. The van der Waals surface area contributed by atoms with E-state index >= 15 is 0 Å². The topological polar surface area (TPSA) is 26.0 Å². The van der Waals surface area contributed by atoms with Gasteiger partial charge in [-0.2, -0.15) is 0 Å². The summed E-state index contributed by atoms with van der Waals surface area (Å²) in [6, 6.07) is 7.04. The highest BCUT2D eigenvalue weighted by Gasteiger charge is 2.24. The standard InChI is InChI=1S/C12H17N/c1-3-9-4-5-10-8(2)6-12(13)11(10)7-9/h4-5,7-8,12H,3,6,13H2,1-2H3. The van der Waals surface area contributed by atoms with E-state index in [1.165, 1.54) is 16.7 Å². The Morgan fingerprint density at radius 1 is 1.38 bits per heavy atom. The predicted octanol–water partition coefficient (Wildman–Crippen LogP) is 2.76. The highest BCUT2D eigenvalue weighted by Crippen LogP contribution is 2.38. The Labute approximate surface area is 80.0 Å². The summed E-state index contributed by atoms with van der Waals surface area (Å²) in [6.07, 6.45) is 2.22. The van der Waals surface area contributed by atoms with E-state index in [1.54, 1.807) is 0 Å². The molecule has 0 aromatic heterocycles. The van der Waals surface area contributed by atoms with E-state index in [0.29, 0.717) is 5.92 Å². The van der Waals surface area contributed by atoms with Crippen LogP contribution in [0.4, 0.5) is 0 Å². The van der Waals surface area contributed by atoms with Crippen molar-refractivity contribution in [3.8, 4) is 0 Å². The molecule has 0 amide bonds. The molecule has 13 heavy (non-hydrogen) atoms. The van der Waals surface area contributed by atoms with Gasteiger partial charge in [0.05, 0.1) is 0 Å². The molecule has 0 spiro atoms. The van der Waals surface area contributed by atoms with Crippen LogP contribution < -0.4 is 5.73 Å². The van der Waals surface area contributed by atoms with Crippen LogP contribution >= 0.6 is 0 Å². The maximum Gasteiger partial charge on any atom is 0.0303 e. The zero-order valence-corrected chi connectivity index (χ0v) is 8.38. The number of nitrogens with two attached hydrogens (primary N) is 1. The molecule has 1 nitrogen and oxygen atoms in total. The predicted molar refractivity (Wildman–Crippen MR) is 55.8 cm³/mol. The number of benzene rings is 1. The number of rotatable bonds is 1. The van der Waals surface area contributed by atoms with Crippen molar-refractivity contribution in [3.05, 3.63) is 34.9 Å². The van der Waals surface area contributed by atoms with Crippen molar-refractivity contribution in [1.82, 2.24) is 0 Å². The maximum atomic E-state index is 6.06. The third-order valence-electron chi connectivity index (χ3n) is 3.10. The summed E-state index contributed by atoms with van der Waals surface area (Å²) in [5.74, 6) is 0.649. The van der Waals surface area contributed by atoms with Crippen molar-refractivity contribution in [2.24, 2.45) is 5.73 Å². The van der Waals surface area contributed by atoms with Gasteiger partial charge < -0.3 is 5.73 Å². The van der Waals surface area contributed by atoms with Gasteiger partial charge in [-0.3, -0.25) is 0 Å². The molecule has 0 fully saturated rings. The van der Waals surface area contributed by atoms with E-state index in [-0.39, 0.29) is 6.04 Å². The Balaban J connectivity index is 2.46. The summed E-state index contributed by atoms with van der Waals surface area (Å²) in [5.41, 5.74) is 10.3. The maximum absolute atomic E-state index is 6.06. The Morgan fingerprint density at radius 2 is 2.15 bits per heavy atom. The first-order chi connectivity index (χ1) is 6.22. The molecule has 70 valence electrons. The van der Waals surface area contributed by atoms with Crippen LogP contribution in [-0.4, -0.2) is 0 Å². The monoisotopic (exact) mass is 175 g/mol. The molecule has 2 unspecified atom stereocenters. The number of aryl methyl sites for hydroxylation is 1. The lowest BCUT2D eigenvalue weighted by atomic mass is 10.0. The van der Waals surface area contributed by atoms with Crippen molar-refractivity contribution in [3.63, 3.8) is 0 Å². The van der Waals surface area contributed by atoms with Crippen LogP contribution in [0.25, 0.3) is 0 Å². The molecule has 0 bridgehead atoms. The van der Waals surface area contributed by atoms with Crippen LogP contribution in [0.2, 0.25) is 0 Å². The molecule has 0 saturated heterocycles. The lowest BCUT2D eigenvalue weighted by Crippen LogP contribution is -2.05. The molecule has 2 rings (SSSR count). The summed E-state index contributed by atoms with van der Waals surface area (Å²) in [7, 11) is 0. The second-order valence-electron chi connectivity index (χ2n) is 4.06. The van der Waals surface area contributed by atoms with Crippen molar-refractivity contribution >= 4 is 0 Å². The molecule has 1 aliphatic rings. The molecule has 0 radical (unpaired) electrons. The fourth-order valence-electron chi connectivity index (χ4n) is 2.25. The largest absolute Gasteiger partial charge is 0.324 e. The van der Waals surface area contributed by atoms with Gasteiger partial charge in [0.15, 0.2) is 0 Å². The van der Waals surface area contributed by atoms with E-state index in [4.69, 9.17) is 5.73 Å². The molecule has 0 saturated carbocycles. The summed E-state index contributed by atoms with van der Waals surface area (Å²) in [4.78, 5) is 0. The summed E-state index contributed by atoms with van der Waals surface area (Å²) < 4.78 is 0. The van der Waals surface area contributed by atoms with Gasteiger partial charge in [-0.25, -0.2) is 0 Å². The molecular weight excluding hydrogens is 158 g/mol. The van der Waals surface area contributed by atoms with E-state index in [1.807, 2.05) is 0 Å². The van der Waals surface area contributed by atoms with Gasteiger partial charge in [0, 0.05) is 6.04 Å². The van der Waals surface area contributed by atoms with Gasteiger partial charge in [0.1, 0.15) is 0 Å². The van der Waals surface area contributed by atoms with Gasteiger partial charge in [0.25, 0.3) is 0 Å². The number of fused-ring (bicyclic) bond motifs is 1. The van der Waals surface area contributed by atoms with Gasteiger partial charge in [0.2, 0.25) is 0 Å². The van der Waals surface area contributed by atoms with E-state index in [9.17, 15) is 0 Å². The fourth-order valence-corrected chi connectivity index (χ4v) is 2.25. The fraction of sp³-hybridized carbons (Fsp3) is 0.500. The molecule has 0 aliphatic heterocycles. The summed E-state index contributed by atoms with van der Waals surface area (Å²) in [6.45, 7) is 4.45. The number of hydrogen-bond acceptors (Lipinski definition) is 1. The molecule has 1 aromatic rings. The smallest absolute Gasteiger partial charge is 0.0303 e. The Bertz CT molecular complexity index is 317. The SMILES string of the molecule is CCc1ccc2c(c1)C(N)CC2C. The lowest BCUT2D eigenvalue weighted by Gasteiger charge is -2.06. The molecule has 1 heteroatoms. The van der Waals surface area contributed by atoms with Crippen LogP contribution in [0.5, 0.6) is 0 Å². The minimum atomic E-state index is 0.275. The van der Waals surface area contributed by atoms with Gasteiger partial charge in [-0.1, -0.05) is 32.0 Å². The van der Waals surface area contributed by atoms with Gasteiger partial charge in [-0.05, 0) is 35.4 Å². The van der Waals surface area contributed by atoms with Gasteiger partial charge >= 0.3 is 0 Å². The minimum absolute atomic E-state index is 0.275. The van der Waals surface area contributed by atoms with Crippen LogP contribution in [0, 0.1) is 0 Å². The molecule has 2 atom stereocenters. The summed E-state index contributed by atoms with van der Waals surface area (Å²) in [5, 5.41) is 0. The minimum Gasteiger partial charge on any atom is -0.324 e. The second kappa shape index (κ2) is 3.15. The van der Waals surface area contributed by atoms with Crippen LogP contribution in [-0.2, 0) is 6.42 Å². The highest BCUT2D eigenvalue weighted by atomic mass is 14.7. The summed E-state index contributed by atoms with van der Waals surface area (Å²) >= 11 is 0. The van der Waals surface area contributed by atoms with Crippen molar-refractivity contribution in [1.29, 1.82) is 0 Å². The van der Waals surface area contributed by atoms with E-state index in [0.717, 1.165) is 12.8 Å². The zero-order valence-electron chi connectivity index (χ0n) is 8.38. The lowest BCUT2D eigenvalue weighted by molar-refractivity contribution is 0.640. The quantitative estimate of drug-likeness (QED) is 0.697. The normalized spacial score (nSPS) is 26.1. The molecular formula is C12H17N. The van der Waals surface area contributed by atoms with Crippen LogP contribution in [0.3, 0.4) is 0 Å². The Hall–Kier alpha value is -0.820. The van der Waals surface area contributed by atoms with Crippen molar-refractivity contribution < 1.29 is 0 Å². The van der Waals surface area contributed by atoms with E-state index in [2.05, 4.69) is 32.0 Å². The first-order valence-electron chi connectivity index (χ1n) is 5.10. The van der Waals surface area contributed by atoms with Crippen LogP contribution in [0.15, 0.2) is 18.2 Å². The molecule has 1 aromatic carbocycles. The zero-order chi connectivity index (χ0) is 9.42. The van der Waals surface area contributed by atoms with Crippen molar-refractivity contribution in [2.45, 2.75) is 38.6 Å². The Morgan fingerprint density at radius 3 is 2.85 bits per heavy atom. The molecule has 2 N–H and O–H groups in total. The second-order valence-corrected chi connectivity index (χ2v) is 4.06. The van der Waals surface area contributed by atoms with Crippen molar-refractivity contribution in [2.75, 3.05) is 0 Å². The Kier molecular flexibility index (Phi) is 2.12. The third-order valence-corrected chi connectivity index (χ3v) is 3.10. The van der Waals surface area contributed by atoms with Gasteiger partial charge in [-0.15, -0.1) is 0 Å². The third kappa shape index (κ3) is 1.37.